The Kier molecular flexibility index (Phi) is 6.19. The lowest BCUT2D eigenvalue weighted by Gasteiger charge is -2.34. The van der Waals surface area contributed by atoms with Gasteiger partial charge in [-0.25, -0.2) is 0 Å². The van der Waals surface area contributed by atoms with Gasteiger partial charge in [-0.2, -0.15) is 5.26 Å². The molecular formula is C30H32N4O4. The quantitative estimate of drug-likeness (QED) is 0.568. The van der Waals surface area contributed by atoms with E-state index in [0.29, 0.717) is 30.6 Å². The molecule has 196 valence electrons. The third-order valence-electron chi connectivity index (χ3n) is 9.05. The first-order chi connectivity index (χ1) is 18.4. The van der Waals surface area contributed by atoms with Crippen molar-refractivity contribution >= 4 is 17.7 Å². The number of amides is 3. The summed E-state index contributed by atoms with van der Waals surface area (Å²) in [6.45, 7) is 1.03. The first-order valence-electron chi connectivity index (χ1n) is 13.6. The van der Waals surface area contributed by atoms with Gasteiger partial charge in [0.25, 0.3) is 5.91 Å². The normalized spacial score (nSPS) is 27.5. The van der Waals surface area contributed by atoms with E-state index in [1.165, 1.54) is 0 Å². The van der Waals surface area contributed by atoms with E-state index in [0.717, 1.165) is 36.8 Å². The van der Waals surface area contributed by atoms with Crippen molar-refractivity contribution in [1.82, 2.24) is 15.5 Å². The molecule has 3 fully saturated rings. The van der Waals surface area contributed by atoms with Crippen molar-refractivity contribution in [2.75, 3.05) is 13.1 Å². The number of nitriles is 1. The van der Waals surface area contributed by atoms with Crippen LogP contribution in [0.2, 0.25) is 0 Å². The first-order valence-corrected chi connectivity index (χ1v) is 13.6. The summed E-state index contributed by atoms with van der Waals surface area (Å²) in [6, 6.07) is 15.3. The summed E-state index contributed by atoms with van der Waals surface area (Å²) in [7, 11) is 0. The van der Waals surface area contributed by atoms with Gasteiger partial charge in [0, 0.05) is 30.1 Å². The zero-order chi connectivity index (χ0) is 26.4. The number of hydrogen-bond donors (Lipinski definition) is 3. The molecule has 2 aliphatic carbocycles. The number of nitrogens with one attached hydrogen (secondary N) is 2. The Balaban J connectivity index is 1.30. The number of likely N-dealkylation sites (tertiary alicyclic amines) is 1. The minimum atomic E-state index is -1.89. The predicted octanol–water partition coefficient (Wildman–Crippen LogP) is 2.45. The van der Waals surface area contributed by atoms with Gasteiger partial charge in [-0.15, -0.1) is 0 Å². The lowest BCUT2D eigenvalue weighted by molar-refractivity contribution is -0.152. The third kappa shape index (κ3) is 3.80. The summed E-state index contributed by atoms with van der Waals surface area (Å²) >= 11 is 0. The fourth-order valence-corrected chi connectivity index (χ4v) is 7.25. The topological polar surface area (TPSA) is 123 Å². The van der Waals surface area contributed by atoms with Gasteiger partial charge < -0.3 is 20.6 Å². The van der Waals surface area contributed by atoms with E-state index in [9.17, 15) is 24.8 Å². The molecule has 2 saturated heterocycles. The van der Waals surface area contributed by atoms with Gasteiger partial charge in [-0.05, 0) is 55.1 Å². The van der Waals surface area contributed by atoms with Crippen molar-refractivity contribution in [3.63, 3.8) is 0 Å². The molecule has 2 aromatic rings. The first kappa shape index (κ1) is 24.6. The molecule has 8 nitrogen and oxygen atoms in total. The molecule has 1 saturated carbocycles. The highest BCUT2D eigenvalue weighted by atomic mass is 16.3. The molecule has 3 N–H and O–H groups in total. The minimum absolute atomic E-state index is 0.0215. The molecule has 6 rings (SSSR count). The fraction of sp³-hybridized carbons (Fsp3) is 0.467. The summed E-state index contributed by atoms with van der Waals surface area (Å²) in [5.41, 5.74) is 0.796. The SMILES string of the molecule is N#C[C@H](C[C@@H]1CCCNC1=O)NC(=O)[C@H]1[C@@H]2CCC[C@@H]2CN1C(=O)C1(O)c2ccccc2-c2ccccc21. The molecule has 38 heavy (non-hydrogen) atoms. The summed E-state index contributed by atoms with van der Waals surface area (Å²) in [5, 5.41) is 27.6. The highest BCUT2D eigenvalue weighted by Gasteiger charge is 2.56. The van der Waals surface area contributed by atoms with E-state index in [2.05, 4.69) is 16.7 Å². The van der Waals surface area contributed by atoms with Crippen LogP contribution in [0, 0.1) is 29.1 Å². The Labute approximate surface area is 222 Å². The van der Waals surface area contributed by atoms with Crippen LogP contribution in [-0.4, -0.2) is 52.9 Å². The highest BCUT2D eigenvalue weighted by molar-refractivity contribution is 6.01. The number of carbonyl (C=O) groups is 3. The smallest absolute Gasteiger partial charge is 0.264 e. The van der Waals surface area contributed by atoms with Crippen LogP contribution in [0.25, 0.3) is 11.1 Å². The third-order valence-corrected chi connectivity index (χ3v) is 9.05. The van der Waals surface area contributed by atoms with E-state index < -0.39 is 23.6 Å². The van der Waals surface area contributed by atoms with Crippen molar-refractivity contribution in [3.05, 3.63) is 59.7 Å². The second-order valence-corrected chi connectivity index (χ2v) is 11.1. The number of aliphatic hydroxyl groups is 1. The lowest BCUT2D eigenvalue weighted by atomic mass is 9.88. The molecule has 2 aromatic carbocycles. The van der Waals surface area contributed by atoms with Crippen LogP contribution in [0.15, 0.2) is 48.5 Å². The van der Waals surface area contributed by atoms with Gasteiger partial charge in [-0.3, -0.25) is 14.4 Å². The molecule has 2 heterocycles. The van der Waals surface area contributed by atoms with Crippen LogP contribution in [0.5, 0.6) is 0 Å². The number of fused-ring (bicyclic) bond motifs is 4. The van der Waals surface area contributed by atoms with Crippen LogP contribution in [0.3, 0.4) is 0 Å². The maximum absolute atomic E-state index is 14.3. The minimum Gasteiger partial charge on any atom is -0.372 e. The number of piperidine rings is 1. The number of carbonyl (C=O) groups excluding carboxylic acids is 3. The second kappa shape index (κ2) is 9.55. The van der Waals surface area contributed by atoms with Crippen LogP contribution in [0.4, 0.5) is 0 Å². The molecule has 0 unspecified atom stereocenters. The molecule has 3 amide bonds. The standard InChI is InChI=1S/C30H32N4O4/c31-16-20(15-18-8-6-14-32-27(18)35)33-28(36)26-21-11-5-7-19(21)17-34(26)29(37)30(38)24-12-3-1-9-22(24)23-10-2-4-13-25(23)30/h1-4,9-10,12-13,18-21,26,38H,5-8,11,14-15,17H2,(H,32,35)(H,33,36)/t18-,19+,20-,21+,26+/m0/s1. The summed E-state index contributed by atoms with van der Waals surface area (Å²) in [4.78, 5) is 41.9. The average molecular weight is 513 g/mol. The van der Waals surface area contributed by atoms with Crippen molar-refractivity contribution in [2.45, 2.75) is 56.2 Å². The Morgan fingerprint density at radius 1 is 1.08 bits per heavy atom. The van der Waals surface area contributed by atoms with E-state index in [1.54, 1.807) is 17.0 Å². The van der Waals surface area contributed by atoms with Gasteiger partial charge in [0.15, 0.2) is 5.60 Å². The zero-order valence-electron chi connectivity index (χ0n) is 21.2. The number of rotatable bonds is 5. The zero-order valence-corrected chi connectivity index (χ0v) is 21.2. The largest absolute Gasteiger partial charge is 0.372 e. The Hall–Kier alpha value is -3.70. The molecule has 0 spiro atoms. The molecule has 5 atom stereocenters. The molecule has 4 aliphatic rings. The molecule has 8 heteroatoms. The van der Waals surface area contributed by atoms with Crippen LogP contribution in [0.1, 0.15) is 49.7 Å². The molecule has 0 aromatic heterocycles. The van der Waals surface area contributed by atoms with Crippen molar-refractivity contribution in [3.8, 4) is 17.2 Å². The lowest BCUT2D eigenvalue weighted by Crippen LogP contribution is -2.55. The second-order valence-electron chi connectivity index (χ2n) is 11.1. The summed E-state index contributed by atoms with van der Waals surface area (Å²) in [6.07, 6.45) is 4.51. The Morgan fingerprint density at radius 2 is 1.76 bits per heavy atom. The molecule has 0 bridgehead atoms. The number of hydrogen-bond acceptors (Lipinski definition) is 5. The highest BCUT2D eigenvalue weighted by Crippen LogP contribution is 2.50. The monoisotopic (exact) mass is 512 g/mol. The van der Waals surface area contributed by atoms with E-state index in [-0.39, 0.29) is 36.0 Å². The maximum Gasteiger partial charge on any atom is 0.264 e. The van der Waals surface area contributed by atoms with Gasteiger partial charge in [-0.1, -0.05) is 55.0 Å². The Bertz CT molecular complexity index is 1290. The van der Waals surface area contributed by atoms with Crippen LogP contribution < -0.4 is 10.6 Å². The van der Waals surface area contributed by atoms with Crippen molar-refractivity contribution < 1.29 is 19.5 Å². The van der Waals surface area contributed by atoms with Gasteiger partial charge in [0.1, 0.15) is 12.1 Å². The summed E-state index contributed by atoms with van der Waals surface area (Å²) < 4.78 is 0. The van der Waals surface area contributed by atoms with E-state index in [4.69, 9.17) is 0 Å². The number of benzene rings is 2. The molecular weight excluding hydrogens is 480 g/mol. The van der Waals surface area contributed by atoms with Crippen LogP contribution in [-0.2, 0) is 20.0 Å². The Morgan fingerprint density at radius 3 is 2.42 bits per heavy atom. The summed E-state index contributed by atoms with van der Waals surface area (Å²) in [5.74, 6) is -1.12. The average Bonchev–Trinajstić information content (AvgIpc) is 3.61. The van der Waals surface area contributed by atoms with E-state index >= 15 is 0 Å². The van der Waals surface area contributed by atoms with Crippen LogP contribution >= 0.6 is 0 Å². The molecule has 2 aliphatic heterocycles. The predicted molar refractivity (Wildman–Crippen MR) is 139 cm³/mol. The van der Waals surface area contributed by atoms with Gasteiger partial charge in [0.05, 0.1) is 6.07 Å². The number of nitrogens with zero attached hydrogens (tertiary/aromatic N) is 2. The van der Waals surface area contributed by atoms with Crippen molar-refractivity contribution in [1.29, 1.82) is 5.26 Å². The van der Waals surface area contributed by atoms with Gasteiger partial charge >= 0.3 is 0 Å². The van der Waals surface area contributed by atoms with Gasteiger partial charge in [0.2, 0.25) is 11.8 Å². The molecule has 0 radical (unpaired) electrons. The van der Waals surface area contributed by atoms with E-state index in [1.807, 2.05) is 36.4 Å². The fourth-order valence-electron chi connectivity index (χ4n) is 7.25. The maximum atomic E-state index is 14.3. The van der Waals surface area contributed by atoms with Crippen molar-refractivity contribution in [2.24, 2.45) is 17.8 Å².